The molecule has 0 amide bonds. The highest BCUT2D eigenvalue weighted by Crippen LogP contribution is 2.28. The standard InChI is InChI=1S/C23H27N3O2.C4H10.C2H6/c1-6-19(15(4)11-16(5)21(27)7-2)17-12-18-14-26-23(24)20(9-10-28-8-3)22(18)25-13-17;1-3-4-2;1-2/h6,9-14H,5,7-8H2,1-4H3,(H2,24,26);3-4H2,1-2H3;1-2H3/b10-9+,15-11-,19-6+;;. The first kappa shape index (κ1) is 30.8. The van der Waals surface area contributed by atoms with Crippen molar-refractivity contribution in [2.24, 2.45) is 0 Å². The van der Waals surface area contributed by atoms with Crippen LogP contribution < -0.4 is 5.73 Å². The summed E-state index contributed by atoms with van der Waals surface area (Å²) in [5, 5.41) is 0.874. The second kappa shape index (κ2) is 17.3. The number of nitrogens with zero attached hydrogens (tertiary/aromatic N) is 2. The molecule has 34 heavy (non-hydrogen) atoms. The van der Waals surface area contributed by atoms with Gasteiger partial charge in [0.1, 0.15) is 5.82 Å². The number of ketones is 1. The Labute approximate surface area is 206 Å². The van der Waals surface area contributed by atoms with Crippen molar-refractivity contribution >= 4 is 34.2 Å². The lowest BCUT2D eigenvalue weighted by Crippen LogP contribution is -1.99. The quantitative estimate of drug-likeness (QED) is 0.231. The van der Waals surface area contributed by atoms with Gasteiger partial charge in [0.05, 0.1) is 18.4 Å². The molecule has 0 bridgehead atoms. The van der Waals surface area contributed by atoms with Crippen molar-refractivity contribution in [3.05, 3.63) is 65.7 Å². The zero-order valence-electron chi connectivity index (χ0n) is 22.4. The average Bonchev–Trinajstić information content (AvgIpc) is 2.86. The zero-order chi connectivity index (χ0) is 26.1. The van der Waals surface area contributed by atoms with E-state index in [0.29, 0.717) is 24.4 Å². The fourth-order valence-electron chi connectivity index (χ4n) is 2.93. The fraction of sp³-hybridized carbons (Fsp3) is 0.414. The van der Waals surface area contributed by atoms with E-state index in [1.165, 1.54) is 12.8 Å². The van der Waals surface area contributed by atoms with Crippen LogP contribution in [0.25, 0.3) is 22.6 Å². The Bertz CT molecular complexity index is 1020. The molecule has 186 valence electrons. The normalized spacial score (nSPS) is 11.4. The molecule has 0 aliphatic rings. The van der Waals surface area contributed by atoms with Crippen LogP contribution in [0.5, 0.6) is 0 Å². The van der Waals surface area contributed by atoms with Crippen molar-refractivity contribution in [3.8, 4) is 0 Å². The summed E-state index contributed by atoms with van der Waals surface area (Å²) < 4.78 is 5.27. The molecular weight excluding hydrogens is 422 g/mol. The number of nitrogen functional groups attached to an aromatic ring is 1. The van der Waals surface area contributed by atoms with Crippen molar-refractivity contribution in [1.82, 2.24) is 9.97 Å². The number of Topliss-reactive ketones (excluding diaryl/α,β-unsaturated/α-hetero) is 1. The third-order valence-corrected chi connectivity index (χ3v) is 4.88. The van der Waals surface area contributed by atoms with Gasteiger partial charge in [-0.2, -0.15) is 0 Å². The number of aromatic nitrogens is 2. The molecule has 5 heteroatoms. The number of hydrogen-bond acceptors (Lipinski definition) is 5. The first-order chi connectivity index (χ1) is 16.3. The number of pyridine rings is 2. The van der Waals surface area contributed by atoms with E-state index in [2.05, 4.69) is 30.4 Å². The molecule has 0 aromatic carbocycles. The largest absolute Gasteiger partial charge is 0.501 e. The number of ether oxygens (including phenoxy) is 1. The number of carbonyl (C=O) groups excluding carboxylic acids is 1. The van der Waals surface area contributed by atoms with Gasteiger partial charge in [-0.3, -0.25) is 9.78 Å². The predicted molar refractivity (Wildman–Crippen MR) is 148 cm³/mol. The summed E-state index contributed by atoms with van der Waals surface area (Å²) in [6, 6.07) is 2.02. The van der Waals surface area contributed by atoms with Crippen LogP contribution in [0.3, 0.4) is 0 Å². The van der Waals surface area contributed by atoms with Gasteiger partial charge in [-0.05, 0) is 50.1 Å². The van der Waals surface area contributed by atoms with Gasteiger partial charge in [-0.15, -0.1) is 0 Å². The minimum Gasteiger partial charge on any atom is -0.501 e. The van der Waals surface area contributed by atoms with E-state index in [4.69, 9.17) is 10.5 Å². The molecule has 0 radical (unpaired) electrons. The SMILES string of the molecule is C=C(/C=C(C)\C(=C/C)c1cnc2c(/C=C/OCC)c(N)ncc2c1)C(=O)CC.CC.CCCC. The van der Waals surface area contributed by atoms with Gasteiger partial charge in [0.2, 0.25) is 0 Å². The summed E-state index contributed by atoms with van der Waals surface area (Å²) in [5.74, 6) is 0.442. The highest BCUT2D eigenvalue weighted by Gasteiger charge is 2.11. The Hall–Kier alpha value is -3.21. The molecule has 2 aromatic heterocycles. The lowest BCUT2D eigenvalue weighted by atomic mass is 9.96. The summed E-state index contributed by atoms with van der Waals surface area (Å²) >= 11 is 0. The molecule has 2 rings (SSSR count). The number of hydrogen-bond donors (Lipinski definition) is 1. The summed E-state index contributed by atoms with van der Waals surface area (Å²) in [5.41, 5.74) is 10.9. The van der Waals surface area contributed by atoms with Crippen LogP contribution in [0.2, 0.25) is 0 Å². The Morgan fingerprint density at radius 2 is 1.76 bits per heavy atom. The topological polar surface area (TPSA) is 78.1 Å². The summed E-state index contributed by atoms with van der Waals surface area (Å²) in [6.07, 6.45) is 13.8. The second-order valence-corrected chi connectivity index (χ2v) is 7.31. The molecule has 0 unspecified atom stereocenters. The molecule has 2 N–H and O–H groups in total. The molecule has 5 nitrogen and oxygen atoms in total. The van der Waals surface area contributed by atoms with Crippen LogP contribution >= 0.6 is 0 Å². The molecule has 0 fully saturated rings. The van der Waals surface area contributed by atoms with Crippen LogP contribution in [-0.4, -0.2) is 22.4 Å². The van der Waals surface area contributed by atoms with Gasteiger partial charge in [-0.1, -0.05) is 60.1 Å². The Morgan fingerprint density at radius 3 is 2.29 bits per heavy atom. The maximum absolute atomic E-state index is 11.8. The fourth-order valence-corrected chi connectivity index (χ4v) is 2.93. The van der Waals surface area contributed by atoms with Gasteiger partial charge < -0.3 is 10.5 Å². The number of fused-ring (bicyclic) bond motifs is 1. The number of anilines is 1. The van der Waals surface area contributed by atoms with Gasteiger partial charge in [0, 0.05) is 40.9 Å². The van der Waals surface area contributed by atoms with Gasteiger partial charge in [-0.25, -0.2) is 4.98 Å². The van der Waals surface area contributed by atoms with E-state index >= 15 is 0 Å². The maximum Gasteiger partial charge on any atom is 0.162 e. The van der Waals surface area contributed by atoms with Gasteiger partial charge >= 0.3 is 0 Å². The highest BCUT2D eigenvalue weighted by molar-refractivity contribution is 5.98. The van der Waals surface area contributed by atoms with E-state index in [0.717, 1.165) is 33.2 Å². The number of carbonyl (C=O) groups is 1. The van der Waals surface area contributed by atoms with Gasteiger partial charge in [0.15, 0.2) is 5.78 Å². The van der Waals surface area contributed by atoms with Crippen LogP contribution in [-0.2, 0) is 9.53 Å². The van der Waals surface area contributed by atoms with Crippen molar-refractivity contribution in [3.63, 3.8) is 0 Å². The van der Waals surface area contributed by atoms with E-state index in [1.54, 1.807) is 24.7 Å². The molecule has 2 aromatic rings. The maximum atomic E-state index is 11.8. The molecule has 0 saturated carbocycles. The third-order valence-electron chi connectivity index (χ3n) is 4.88. The lowest BCUT2D eigenvalue weighted by molar-refractivity contribution is -0.114. The number of nitrogens with two attached hydrogens (primary N) is 1. The van der Waals surface area contributed by atoms with Gasteiger partial charge in [0.25, 0.3) is 0 Å². The zero-order valence-corrected chi connectivity index (χ0v) is 22.4. The molecule has 0 aliphatic heterocycles. The Balaban J connectivity index is 0.00000164. The highest BCUT2D eigenvalue weighted by atomic mass is 16.5. The number of rotatable bonds is 9. The first-order valence-corrected chi connectivity index (χ1v) is 12.2. The van der Waals surface area contributed by atoms with E-state index in [-0.39, 0.29) is 5.78 Å². The molecule has 0 atom stereocenters. The van der Waals surface area contributed by atoms with Crippen LogP contribution in [0.15, 0.2) is 54.6 Å². The molecule has 2 heterocycles. The van der Waals surface area contributed by atoms with Crippen LogP contribution in [0, 0.1) is 0 Å². The van der Waals surface area contributed by atoms with Crippen LogP contribution in [0.1, 0.15) is 85.8 Å². The minimum absolute atomic E-state index is 0.0387. The summed E-state index contributed by atoms with van der Waals surface area (Å²) in [7, 11) is 0. The average molecular weight is 466 g/mol. The van der Waals surface area contributed by atoms with E-state index in [9.17, 15) is 4.79 Å². The predicted octanol–water partition coefficient (Wildman–Crippen LogP) is 7.94. The molecular formula is C29H43N3O2. The molecule has 0 saturated heterocycles. The lowest BCUT2D eigenvalue weighted by Gasteiger charge is -2.11. The third kappa shape index (κ3) is 9.34. The molecule has 0 spiro atoms. The van der Waals surface area contributed by atoms with Crippen molar-refractivity contribution in [2.45, 2.75) is 74.7 Å². The van der Waals surface area contributed by atoms with Crippen molar-refractivity contribution in [1.29, 1.82) is 0 Å². The smallest absolute Gasteiger partial charge is 0.162 e. The van der Waals surface area contributed by atoms with Crippen molar-refractivity contribution < 1.29 is 9.53 Å². The minimum atomic E-state index is 0.0387. The van der Waals surface area contributed by atoms with E-state index < -0.39 is 0 Å². The monoisotopic (exact) mass is 465 g/mol. The summed E-state index contributed by atoms with van der Waals surface area (Å²) in [6.45, 7) is 20.5. The second-order valence-electron chi connectivity index (χ2n) is 7.31. The van der Waals surface area contributed by atoms with Crippen molar-refractivity contribution in [2.75, 3.05) is 12.3 Å². The summed E-state index contributed by atoms with van der Waals surface area (Å²) in [4.78, 5) is 20.7. The van der Waals surface area contributed by atoms with Crippen LogP contribution in [0.4, 0.5) is 5.82 Å². The molecule has 0 aliphatic carbocycles. The Kier molecular flexibility index (Phi) is 15.7. The Morgan fingerprint density at radius 1 is 1.12 bits per heavy atom. The number of allylic oxidation sites excluding steroid dienone is 5. The van der Waals surface area contributed by atoms with E-state index in [1.807, 2.05) is 59.8 Å². The number of unbranched alkanes of at least 4 members (excludes halogenated alkanes) is 1. The first-order valence-electron chi connectivity index (χ1n) is 12.2.